The number of nitrogens with one attached hydrogen (secondary N) is 1. The number of carboxylic acid groups (broad SMARTS) is 1. The van der Waals surface area contributed by atoms with Gasteiger partial charge in [0, 0.05) is 25.3 Å². The second kappa shape index (κ2) is 7.28. The Kier molecular flexibility index (Phi) is 6.02. The number of aromatic nitrogens is 2. The number of rotatable bonds is 8. The molecule has 1 atom stereocenters. The molecule has 0 aromatic carbocycles. The molecule has 0 saturated carbocycles. The van der Waals surface area contributed by atoms with Gasteiger partial charge in [-0.05, 0) is 32.3 Å². The van der Waals surface area contributed by atoms with Crippen molar-refractivity contribution in [2.75, 3.05) is 6.54 Å². The lowest BCUT2D eigenvalue weighted by Gasteiger charge is -2.16. The molecule has 0 aliphatic rings. The van der Waals surface area contributed by atoms with Crippen LogP contribution in [0.4, 0.5) is 0 Å². The molecule has 1 aromatic rings. The van der Waals surface area contributed by atoms with Gasteiger partial charge >= 0.3 is 5.97 Å². The summed E-state index contributed by atoms with van der Waals surface area (Å²) in [5.41, 5.74) is 1.09. The molecule has 0 bridgehead atoms. The summed E-state index contributed by atoms with van der Waals surface area (Å²) in [7, 11) is 0. The normalized spacial score (nSPS) is 13.2. The molecule has 1 unspecified atom stereocenters. The van der Waals surface area contributed by atoms with Gasteiger partial charge in [0.2, 0.25) is 0 Å². The monoisotopic (exact) mass is 267 g/mol. The van der Waals surface area contributed by atoms with Crippen LogP contribution >= 0.6 is 0 Å². The largest absolute Gasteiger partial charge is 0.481 e. The lowest BCUT2D eigenvalue weighted by molar-refractivity contribution is -0.142. The topological polar surface area (TPSA) is 67.2 Å². The van der Waals surface area contributed by atoms with Gasteiger partial charge < -0.3 is 10.4 Å². The number of hydrogen-bond acceptors (Lipinski definition) is 3. The molecule has 0 saturated heterocycles. The van der Waals surface area contributed by atoms with Crippen molar-refractivity contribution >= 4 is 5.97 Å². The van der Waals surface area contributed by atoms with Gasteiger partial charge in [0.1, 0.15) is 0 Å². The smallest absolute Gasteiger partial charge is 0.307 e. The highest BCUT2D eigenvalue weighted by Crippen LogP contribution is 2.12. The molecule has 0 aliphatic heterocycles. The van der Waals surface area contributed by atoms with Crippen LogP contribution in [0.2, 0.25) is 0 Å². The zero-order valence-electron chi connectivity index (χ0n) is 12.3. The highest BCUT2D eigenvalue weighted by molar-refractivity contribution is 5.70. The van der Waals surface area contributed by atoms with E-state index in [-0.39, 0.29) is 5.92 Å². The number of aliphatic carboxylic acids is 1. The Balaban J connectivity index is 2.47. The van der Waals surface area contributed by atoms with E-state index >= 15 is 0 Å². The summed E-state index contributed by atoms with van der Waals surface area (Å²) in [5.74, 6) is -0.655. The van der Waals surface area contributed by atoms with Crippen molar-refractivity contribution in [1.82, 2.24) is 15.1 Å². The standard InChI is InChI=1S/C14H25N3O2/c1-10(2)7-12(14(18)19)8-15-9-13-5-6-16-17(13)11(3)4/h5-6,10-12,15H,7-9H2,1-4H3,(H,18,19). The molecule has 19 heavy (non-hydrogen) atoms. The Bertz CT molecular complexity index is 399. The number of hydrogen-bond donors (Lipinski definition) is 2. The van der Waals surface area contributed by atoms with Crippen LogP contribution in [0.1, 0.15) is 45.9 Å². The van der Waals surface area contributed by atoms with Crippen molar-refractivity contribution in [3.63, 3.8) is 0 Å². The van der Waals surface area contributed by atoms with Crippen LogP contribution in [0, 0.1) is 11.8 Å². The van der Waals surface area contributed by atoms with Crippen molar-refractivity contribution in [2.24, 2.45) is 11.8 Å². The molecule has 0 spiro atoms. The van der Waals surface area contributed by atoms with E-state index in [9.17, 15) is 4.79 Å². The van der Waals surface area contributed by atoms with E-state index in [2.05, 4.69) is 24.3 Å². The highest BCUT2D eigenvalue weighted by atomic mass is 16.4. The fourth-order valence-corrected chi connectivity index (χ4v) is 2.16. The van der Waals surface area contributed by atoms with Gasteiger partial charge in [-0.15, -0.1) is 0 Å². The molecule has 1 heterocycles. The number of carboxylic acids is 1. The molecule has 1 rings (SSSR count). The molecule has 5 nitrogen and oxygen atoms in total. The third-order valence-electron chi connectivity index (χ3n) is 3.04. The first-order valence-corrected chi connectivity index (χ1v) is 6.87. The van der Waals surface area contributed by atoms with E-state index in [0.29, 0.717) is 31.5 Å². The first kappa shape index (κ1) is 15.7. The summed E-state index contributed by atoms with van der Waals surface area (Å²) in [4.78, 5) is 11.1. The Morgan fingerprint density at radius 3 is 2.63 bits per heavy atom. The Hall–Kier alpha value is -1.36. The lowest BCUT2D eigenvalue weighted by Crippen LogP contribution is -2.30. The van der Waals surface area contributed by atoms with E-state index in [4.69, 9.17) is 5.11 Å². The van der Waals surface area contributed by atoms with Crippen LogP contribution in [0.15, 0.2) is 12.3 Å². The van der Waals surface area contributed by atoms with Crippen molar-refractivity contribution < 1.29 is 9.90 Å². The zero-order valence-corrected chi connectivity index (χ0v) is 12.3. The van der Waals surface area contributed by atoms with Gasteiger partial charge in [-0.3, -0.25) is 9.48 Å². The molecule has 2 N–H and O–H groups in total. The van der Waals surface area contributed by atoms with Gasteiger partial charge in [-0.2, -0.15) is 5.10 Å². The number of nitrogens with zero attached hydrogens (tertiary/aromatic N) is 2. The minimum Gasteiger partial charge on any atom is -0.481 e. The van der Waals surface area contributed by atoms with E-state index < -0.39 is 5.97 Å². The van der Waals surface area contributed by atoms with E-state index in [1.54, 1.807) is 6.20 Å². The molecular weight excluding hydrogens is 242 g/mol. The minimum atomic E-state index is -0.724. The Morgan fingerprint density at radius 2 is 2.11 bits per heavy atom. The maximum atomic E-state index is 11.1. The Morgan fingerprint density at radius 1 is 1.42 bits per heavy atom. The molecule has 0 amide bonds. The molecule has 0 aliphatic carbocycles. The molecule has 108 valence electrons. The summed E-state index contributed by atoms with van der Waals surface area (Å²) in [6, 6.07) is 2.28. The van der Waals surface area contributed by atoms with E-state index in [0.717, 1.165) is 5.69 Å². The quantitative estimate of drug-likeness (QED) is 0.758. The van der Waals surface area contributed by atoms with Crippen molar-refractivity contribution in [2.45, 2.75) is 46.7 Å². The third-order valence-corrected chi connectivity index (χ3v) is 3.04. The minimum absolute atomic E-state index is 0.317. The van der Waals surface area contributed by atoms with Crippen molar-refractivity contribution in [1.29, 1.82) is 0 Å². The second-order valence-corrected chi connectivity index (χ2v) is 5.66. The van der Waals surface area contributed by atoms with Crippen molar-refractivity contribution in [3.05, 3.63) is 18.0 Å². The van der Waals surface area contributed by atoms with Crippen LogP contribution in [-0.2, 0) is 11.3 Å². The molecular formula is C14H25N3O2. The zero-order chi connectivity index (χ0) is 14.4. The fourth-order valence-electron chi connectivity index (χ4n) is 2.16. The van der Waals surface area contributed by atoms with Crippen LogP contribution in [0.3, 0.4) is 0 Å². The first-order chi connectivity index (χ1) is 8.91. The van der Waals surface area contributed by atoms with Crippen LogP contribution in [0.25, 0.3) is 0 Å². The molecule has 0 fully saturated rings. The summed E-state index contributed by atoms with van der Waals surface area (Å²) in [6.45, 7) is 9.40. The van der Waals surface area contributed by atoms with Gasteiger partial charge in [0.05, 0.1) is 11.6 Å². The maximum Gasteiger partial charge on any atom is 0.307 e. The maximum absolute atomic E-state index is 11.1. The molecule has 0 radical (unpaired) electrons. The summed E-state index contributed by atoms with van der Waals surface area (Å²) >= 11 is 0. The van der Waals surface area contributed by atoms with Crippen LogP contribution in [-0.4, -0.2) is 27.4 Å². The summed E-state index contributed by atoms with van der Waals surface area (Å²) in [6.07, 6.45) is 2.48. The first-order valence-electron chi connectivity index (χ1n) is 6.87. The summed E-state index contributed by atoms with van der Waals surface area (Å²) < 4.78 is 1.95. The predicted octanol–water partition coefficient (Wildman–Crippen LogP) is 2.30. The van der Waals surface area contributed by atoms with Gasteiger partial charge in [0.15, 0.2) is 0 Å². The molecule has 5 heteroatoms. The SMILES string of the molecule is CC(C)CC(CNCc1ccnn1C(C)C)C(=O)O. The Labute approximate surface area is 115 Å². The van der Waals surface area contributed by atoms with Gasteiger partial charge in [-0.1, -0.05) is 13.8 Å². The summed E-state index contributed by atoms with van der Waals surface area (Å²) in [5, 5.41) is 16.7. The van der Waals surface area contributed by atoms with Gasteiger partial charge in [0.25, 0.3) is 0 Å². The van der Waals surface area contributed by atoms with E-state index in [1.807, 2.05) is 24.6 Å². The average molecular weight is 267 g/mol. The van der Waals surface area contributed by atoms with Crippen LogP contribution in [0.5, 0.6) is 0 Å². The van der Waals surface area contributed by atoms with Crippen molar-refractivity contribution in [3.8, 4) is 0 Å². The van der Waals surface area contributed by atoms with Crippen LogP contribution < -0.4 is 5.32 Å². The average Bonchev–Trinajstić information content (AvgIpc) is 2.75. The predicted molar refractivity (Wildman–Crippen MR) is 74.9 cm³/mol. The van der Waals surface area contributed by atoms with E-state index in [1.165, 1.54) is 0 Å². The third kappa shape index (κ3) is 5.03. The van der Waals surface area contributed by atoms with Gasteiger partial charge in [-0.25, -0.2) is 0 Å². The second-order valence-electron chi connectivity index (χ2n) is 5.66. The fraction of sp³-hybridized carbons (Fsp3) is 0.714. The number of carbonyl (C=O) groups is 1. The molecule has 1 aromatic heterocycles. The lowest BCUT2D eigenvalue weighted by atomic mass is 9.97. The highest BCUT2D eigenvalue weighted by Gasteiger charge is 2.18.